The molecule has 1 aromatic carbocycles. The molecule has 27 heavy (non-hydrogen) atoms. The first-order valence-electron chi connectivity index (χ1n) is 7.99. The molecule has 0 saturated heterocycles. The number of primary sulfonamides is 1. The van der Waals surface area contributed by atoms with Gasteiger partial charge < -0.3 is 15.4 Å². The third-order valence-corrected chi connectivity index (χ3v) is 5.52. The quantitative estimate of drug-likeness (QED) is 0.640. The molecule has 2 amide bonds. The lowest BCUT2D eigenvalue weighted by molar-refractivity contribution is -0.118. The van der Waals surface area contributed by atoms with Crippen LogP contribution >= 0.6 is 11.3 Å². The molecule has 0 fully saturated rings. The Hall–Kier alpha value is -2.43. The minimum Gasteiger partial charge on any atom is -0.495 e. The largest absolute Gasteiger partial charge is 0.495 e. The average Bonchev–Trinajstić information content (AvgIpc) is 3.13. The lowest BCUT2D eigenvalue weighted by Crippen LogP contribution is -2.46. The van der Waals surface area contributed by atoms with E-state index in [4.69, 9.17) is 9.88 Å². The normalized spacial score (nSPS) is 12.5. The van der Waals surface area contributed by atoms with Crippen molar-refractivity contribution in [1.29, 1.82) is 0 Å². The summed E-state index contributed by atoms with van der Waals surface area (Å²) in [6.07, 6.45) is 0. The van der Waals surface area contributed by atoms with E-state index >= 15 is 0 Å². The molecule has 1 atom stereocenters. The van der Waals surface area contributed by atoms with Crippen molar-refractivity contribution in [2.24, 2.45) is 11.1 Å². The number of sulfonamides is 1. The molecule has 1 aromatic heterocycles. The highest BCUT2D eigenvalue weighted by Gasteiger charge is 2.26. The van der Waals surface area contributed by atoms with Crippen molar-refractivity contribution >= 4 is 38.9 Å². The summed E-state index contributed by atoms with van der Waals surface area (Å²) >= 11 is 1.27. The number of nitrogens with one attached hydrogen (secondary N) is 2. The van der Waals surface area contributed by atoms with E-state index in [0.717, 1.165) is 0 Å². The molecule has 0 radical (unpaired) electrons. The highest BCUT2D eigenvalue weighted by molar-refractivity contribution is 7.89. The number of carbonyl (C=O) groups excluding carboxylic acids is 2. The highest BCUT2D eigenvalue weighted by atomic mass is 32.2. The van der Waals surface area contributed by atoms with E-state index in [1.165, 1.54) is 36.6 Å². The summed E-state index contributed by atoms with van der Waals surface area (Å²) in [6.45, 7) is 3.59. The highest BCUT2D eigenvalue weighted by Crippen LogP contribution is 2.26. The topological polar surface area (TPSA) is 128 Å². The molecule has 4 N–H and O–H groups in total. The van der Waals surface area contributed by atoms with E-state index in [1.54, 1.807) is 31.4 Å². The number of thiophene rings is 1. The molecule has 0 aliphatic carbocycles. The van der Waals surface area contributed by atoms with Crippen molar-refractivity contribution in [1.82, 2.24) is 5.32 Å². The molecule has 8 nitrogen and oxygen atoms in total. The molecule has 0 saturated carbocycles. The van der Waals surface area contributed by atoms with Crippen LogP contribution < -0.4 is 20.5 Å². The van der Waals surface area contributed by atoms with Gasteiger partial charge in [0.05, 0.1) is 12.0 Å². The second kappa shape index (κ2) is 8.51. The number of carbonyl (C=O) groups is 2. The number of hydrogen-bond donors (Lipinski definition) is 3. The van der Waals surface area contributed by atoms with E-state index < -0.39 is 22.0 Å². The fraction of sp³-hybridized carbons (Fsp3) is 0.294. The molecule has 10 heteroatoms. The lowest BCUT2D eigenvalue weighted by atomic mass is 10.0. The van der Waals surface area contributed by atoms with Gasteiger partial charge in [-0.1, -0.05) is 19.9 Å². The van der Waals surface area contributed by atoms with Crippen molar-refractivity contribution in [3.63, 3.8) is 0 Å². The van der Waals surface area contributed by atoms with Crippen molar-refractivity contribution in [2.45, 2.75) is 24.8 Å². The van der Waals surface area contributed by atoms with Gasteiger partial charge in [-0.2, -0.15) is 0 Å². The van der Waals surface area contributed by atoms with Gasteiger partial charge in [0.1, 0.15) is 16.7 Å². The fourth-order valence-corrected chi connectivity index (χ4v) is 3.70. The third-order valence-electron chi connectivity index (χ3n) is 3.72. The van der Waals surface area contributed by atoms with Gasteiger partial charge in [-0.3, -0.25) is 9.59 Å². The van der Waals surface area contributed by atoms with E-state index in [-0.39, 0.29) is 28.2 Å². The SMILES string of the molecule is COc1ccc(NC(=O)[C@H](NC(=O)c2cccs2)C(C)C)cc1S(N)(=O)=O. The number of rotatable bonds is 7. The summed E-state index contributed by atoms with van der Waals surface area (Å²) in [5.41, 5.74) is 0.223. The number of benzene rings is 1. The van der Waals surface area contributed by atoms with Crippen molar-refractivity contribution in [3.05, 3.63) is 40.6 Å². The zero-order valence-electron chi connectivity index (χ0n) is 15.1. The van der Waals surface area contributed by atoms with E-state index in [1.807, 2.05) is 0 Å². The number of nitrogens with two attached hydrogens (primary N) is 1. The summed E-state index contributed by atoms with van der Waals surface area (Å²) in [4.78, 5) is 25.1. The van der Waals surface area contributed by atoms with Gasteiger partial charge in [0.2, 0.25) is 15.9 Å². The summed E-state index contributed by atoms with van der Waals surface area (Å²) in [7, 11) is -2.72. The molecule has 2 aromatic rings. The van der Waals surface area contributed by atoms with Gasteiger partial charge in [0.15, 0.2) is 0 Å². The number of hydrogen-bond acceptors (Lipinski definition) is 6. The Morgan fingerprint density at radius 2 is 1.93 bits per heavy atom. The van der Waals surface area contributed by atoms with Crippen molar-refractivity contribution in [2.75, 3.05) is 12.4 Å². The summed E-state index contributed by atoms with van der Waals surface area (Å²) < 4.78 is 28.4. The Balaban J connectivity index is 2.21. The van der Waals surface area contributed by atoms with Crippen LogP contribution in [0.2, 0.25) is 0 Å². The molecular formula is C17H21N3O5S2. The first-order valence-corrected chi connectivity index (χ1v) is 10.4. The van der Waals surface area contributed by atoms with Crippen LogP contribution in [-0.4, -0.2) is 33.4 Å². The second-order valence-corrected chi connectivity index (χ2v) is 8.55. The fourth-order valence-electron chi connectivity index (χ4n) is 2.35. The third kappa shape index (κ3) is 5.28. The van der Waals surface area contributed by atoms with Gasteiger partial charge in [-0.05, 0) is 35.6 Å². The van der Waals surface area contributed by atoms with Crippen LogP contribution in [0.25, 0.3) is 0 Å². The summed E-state index contributed by atoms with van der Waals surface area (Å²) in [5.74, 6) is -0.939. The van der Waals surface area contributed by atoms with Crippen LogP contribution in [0.3, 0.4) is 0 Å². The van der Waals surface area contributed by atoms with Crippen LogP contribution in [0.5, 0.6) is 5.75 Å². The summed E-state index contributed by atoms with van der Waals surface area (Å²) in [6, 6.07) is 6.70. The Morgan fingerprint density at radius 1 is 1.22 bits per heavy atom. The Kier molecular flexibility index (Phi) is 6.58. The minimum absolute atomic E-state index is 0.0712. The molecule has 0 spiro atoms. The average molecular weight is 412 g/mol. The van der Waals surface area contributed by atoms with Crippen LogP contribution in [0.15, 0.2) is 40.6 Å². The molecular weight excluding hydrogens is 390 g/mol. The monoisotopic (exact) mass is 411 g/mol. The van der Waals surface area contributed by atoms with Crippen molar-refractivity contribution in [3.8, 4) is 5.75 Å². The second-order valence-electron chi connectivity index (χ2n) is 6.07. The molecule has 146 valence electrons. The first kappa shape index (κ1) is 20.9. The van der Waals surface area contributed by atoms with Crippen molar-refractivity contribution < 1.29 is 22.7 Å². The summed E-state index contributed by atoms with van der Waals surface area (Å²) in [5, 5.41) is 12.3. The first-order chi connectivity index (χ1) is 12.6. The smallest absolute Gasteiger partial charge is 0.262 e. The molecule has 0 bridgehead atoms. The predicted octanol–water partition coefficient (Wildman–Crippen LogP) is 1.80. The maximum atomic E-state index is 12.6. The maximum Gasteiger partial charge on any atom is 0.262 e. The molecule has 1 heterocycles. The predicted molar refractivity (Wildman–Crippen MR) is 103 cm³/mol. The van der Waals surface area contributed by atoms with Crippen LogP contribution in [0.4, 0.5) is 5.69 Å². The van der Waals surface area contributed by atoms with Gasteiger partial charge in [0, 0.05) is 5.69 Å². The van der Waals surface area contributed by atoms with Crippen LogP contribution in [0.1, 0.15) is 23.5 Å². The van der Waals surface area contributed by atoms with E-state index in [2.05, 4.69) is 10.6 Å². The van der Waals surface area contributed by atoms with Gasteiger partial charge in [-0.15, -0.1) is 11.3 Å². The van der Waals surface area contributed by atoms with Gasteiger partial charge >= 0.3 is 0 Å². The zero-order chi connectivity index (χ0) is 20.2. The Labute approximate surface area is 161 Å². The minimum atomic E-state index is -4.03. The number of anilines is 1. The van der Waals surface area contributed by atoms with E-state index in [0.29, 0.717) is 4.88 Å². The van der Waals surface area contributed by atoms with Gasteiger partial charge in [0.25, 0.3) is 5.91 Å². The standard InChI is InChI=1S/C17H21N3O5S2/c1-10(2)15(20-16(21)13-5-4-8-26-13)17(22)19-11-6-7-12(25-3)14(9-11)27(18,23)24/h4-10,15H,1-3H3,(H,19,22)(H,20,21)(H2,18,23,24)/t15-/m1/s1. The number of amides is 2. The Morgan fingerprint density at radius 3 is 2.44 bits per heavy atom. The van der Waals surface area contributed by atoms with E-state index in [9.17, 15) is 18.0 Å². The zero-order valence-corrected chi connectivity index (χ0v) is 16.7. The maximum absolute atomic E-state index is 12.6. The lowest BCUT2D eigenvalue weighted by Gasteiger charge is -2.21. The van der Waals surface area contributed by atoms with Gasteiger partial charge in [-0.25, -0.2) is 13.6 Å². The number of ether oxygens (including phenoxy) is 1. The molecule has 0 aliphatic rings. The molecule has 0 aliphatic heterocycles. The number of methoxy groups -OCH3 is 1. The molecule has 2 rings (SSSR count). The van der Waals surface area contributed by atoms with Crippen LogP contribution in [-0.2, 0) is 14.8 Å². The van der Waals surface area contributed by atoms with Crippen LogP contribution in [0, 0.1) is 5.92 Å². The Bertz CT molecular complexity index is 924. The molecule has 0 unspecified atom stereocenters.